The first-order valence-corrected chi connectivity index (χ1v) is 6.84. The highest BCUT2D eigenvalue weighted by Crippen LogP contribution is 2.14. The van der Waals surface area contributed by atoms with Gasteiger partial charge in [-0.25, -0.2) is 0 Å². The molecule has 1 aliphatic heterocycles. The molecule has 1 saturated heterocycles. The van der Waals surface area contributed by atoms with Crippen molar-refractivity contribution in [3.8, 4) is 0 Å². The Bertz CT molecular complexity index is 199. The standard InChI is InChI=1S/C13H29N3O/c1-4-6-16(8-7-15(2)3)10-12-11-17-9-5-13(12)14/h12-13H,4-11,14H2,1-3H3. The number of ether oxygens (including phenoxy) is 1. The highest BCUT2D eigenvalue weighted by atomic mass is 16.5. The van der Waals surface area contributed by atoms with Gasteiger partial charge in [0.1, 0.15) is 0 Å². The van der Waals surface area contributed by atoms with Gasteiger partial charge < -0.3 is 20.3 Å². The summed E-state index contributed by atoms with van der Waals surface area (Å²) in [6, 6.07) is 0.322. The Morgan fingerprint density at radius 3 is 2.59 bits per heavy atom. The van der Waals surface area contributed by atoms with Crippen LogP contribution in [-0.2, 0) is 4.74 Å². The largest absolute Gasteiger partial charge is 0.381 e. The van der Waals surface area contributed by atoms with Crippen molar-refractivity contribution in [2.45, 2.75) is 25.8 Å². The van der Waals surface area contributed by atoms with E-state index in [-0.39, 0.29) is 0 Å². The van der Waals surface area contributed by atoms with E-state index in [2.05, 4.69) is 30.8 Å². The summed E-state index contributed by atoms with van der Waals surface area (Å²) in [6.07, 6.45) is 2.22. The SMILES string of the molecule is CCCN(CCN(C)C)CC1COCCC1N. The Kier molecular flexibility index (Phi) is 7.04. The van der Waals surface area contributed by atoms with E-state index in [0.717, 1.165) is 45.8 Å². The molecule has 2 atom stereocenters. The fraction of sp³-hybridized carbons (Fsp3) is 1.00. The molecule has 1 fully saturated rings. The smallest absolute Gasteiger partial charge is 0.0521 e. The van der Waals surface area contributed by atoms with E-state index in [1.54, 1.807) is 0 Å². The first-order chi connectivity index (χ1) is 8.13. The summed E-state index contributed by atoms with van der Waals surface area (Å²) >= 11 is 0. The van der Waals surface area contributed by atoms with Crippen molar-refractivity contribution in [3.05, 3.63) is 0 Å². The Labute approximate surface area is 106 Å². The molecule has 4 nitrogen and oxygen atoms in total. The van der Waals surface area contributed by atoms with Gasteiger partial charge in [0, 0.05) is 38.2 Å². The van der Waals surface area contributed by atoms with Crippen LogP contribution in [0.25, 0.3) is 0 Å². The average molecular weight is 243 g/mol. The third-order valence-corrected chi connectivity index (χ3v) is 3.43. The minimum Gasteiger partial charge on any atom is -0.381 e. The zero-order valence-corrected chi connectivity index (χ0v) is 11.7. The van der Waals surface area contributed by atoms with E-state index < -0.39 is 0 Å². The molecule has 0 aromatic rings. The molecule has 0 aromatic heterocycles. The molecule has 0 bridgehead atoms. The van der Waals surface area contributed by atoms with E-state index in [9.17, 15) is 0 Å². The molecule has 102 valence electrons. The Hall–Kier alpha value is -0.160. The third kappa shape index (κ3) is 5.82. The van der Waals surface area contributed by atoms with E-state index in [4.69, 9.17) is 10.5 Å². The van der Waals surface area contributed by atoms with Gasteiger partial charge in [0.25, 0.3) is 0 Å². The molecule has 0 spiro atoms. The van der Waals surface area contributed by atoms with Gasteiger partial charge in [-0.15, -0.1) is 0 Å². The lowest BCUT2D eigenvalue weighted by atomic mass is 9.96. The summed E-state index contributed by atoms with van der Waals surface area (Å²) in [6.45, 7) is 8.40. The summed E-state index contributed by atoms with van der Waals surface area (Å²) in [5, 5.41) is 0. The van der Waals surface area contributed by atoms with Crippen molar-refractivity contribution in [2.75, 3.05) is 53.5 Å². The summed E-state index contributed by atoms with van der Waals surface area (Å²) in [4.78, 5) is 4.76. The lowest BCUT2D eigenvalue weighted by Gasteiger charge is -2.34. The fourth-order valence-electron chi connectivity index (χ4n) is 2.29. The second-order valence-corrected chi connectivity index (χ2v) is 5.39. The van der Waals surface area contributed by atoms with E-state index in [0.29, 0.717) is 12.0 Å². The normalized spacial score (nSPS) is 25.8. The Balaban J connectivity index is 2.35. The monoisotopic (exact) mass is 243 g/mol. The lowest BCUT2D eigenvalue weighted by Crippen LogP contribution is -2.46. The Morgan fingerprint density at radius 1 is 1.24 bits per heavy atom. The van der Waals surface area contributed by atoms with Crippen LogP contribution in [0, 0.1) is 5.92 Å². The topological polar surface area (TPSA) is 41.7 Å². The second-order valence-electron chi connectivity index (χ2n) is 5.39. The van der Waals surface area contributed by atoms with Gasteiger partial charge in [-0.2, -0.15) is 0 Å². The minimum atomic E-state index is 0.322. The maximum absolute atomic E-state index is 6.16. The number of nitrogens with two attached hydrogens (primary N) is 1. The molecule has 1 aliphatic rings. The molecule has 0 aliphatic carbocycles. The molecular formula is C13H29N3O. The van der Waals surface area contributed by atoms with Crippen molar-refractivity contribution >= 4 is 0 Å². The number of rotatable bonds is 7. The van der Waals surface area contributed by atoms with Gasteiger partial charge in [-0.3, -0.25) is 0 Å². The van der Waals surface area contributed by atoms with Crippen LogP contribution in [0.5, 0.6) is 0 Å². The third-order valence-electron chi connectivity index (χ3n) is 3.43. The number of likely N-dealkylation sites (N-methyl/N-ethyl adjacent to an activating group) is 1. The van der Waals surface area contributed by atoms with Crippen molar-refractivity contribution in [2.24, 2.45) is 11.7 Å². The first-order valence-electron chi connectivity index (χ1n) is 6.84. The molecule has 0 saturated carbocycles. The van der Waals surface area contributed by atoms with Gasteiger partial charge in [-0.1, -0.05) is 6.92 Å². The molecule has 0 aromatic carbocycles. The quantitative estimate of drug-likeness (QED) is 0.712. The van der Waals surface area contributed by atoms with Crippen molar-refractivity contribution in [1.29, 1.82) is 0 Å². The molecular weight excluding hydrogens is 214 g/mol. The van der Waals surface area contributed by atoms with Crippen LogP contribution in [0.1, 0.15) is 19.8 Å². The molecule has 0 amide bonds. The van der Waals surface area contributed by atoms with Gasteiger partial charge >= 0.3 is 0 Å². The van der Waals surface area contributed by atoms with Crippen molar-refractivity contribution in [1.82, 2.24) is 9.80 Å². The summed E-state index contributed by atoms with van der Waals surface area (Å²) in [5.41, 5.74) is 6.16. The number of hydrogen-bond acceptors (Lipinski definition) is 4. The van der Waals surface area contributed by atoms with Gasteiger partial charge in [-0.05, 0) is 33.5 Å². The van der Waals surface area contributed by atoms with Crippen molar-refractivity contribution in [3.63, 3.8) is 0 Å². The molecule has 17 heavy (non-hydrogen) atoms. The van der Waals surface area contributed by atoms with E-state index >= 15 is 0 Å². The Morgan fingerprint density at radius 2 is 2.00 bits per heavy atom. The number of nitrogens with zero attached hydrogens (tertiary/aromatic N) is 2. The first kappa shape index (κ1) is 14.9. The minimum absolute atomic E-state index is 0.322. The van der Waals surface area contributed by atoms with Crippen LogP contribution >= 0.6 is 0 Å². The molecule has 2 N–H and O–H groups in total. The summed E-state index contributed by atoms with van der Waals surface area (Å²) < 4.78 is 5.54. The van der Waals surface area contributed by atoms with E-state index in [1.165, 1.54) is 6.42 Å². The van der Waals surface area contributed by atoms with Crippen LogP contribution in [0.3, 0.4) is 0 Å². The molecule has 4 heteroatoms. The van der Waals surface area contributed by atoms with Gasteiger partial charge in [0.15, 0.2) is 0 Å². The molecule has 2 unspecified atom stereocenters. The van der Waals surface area contributed by atoms with Crippen LogP contribution in [0.2, 0.25) is 0 Å². The maximum atomic E-state index is 6.16. The van der Waals surface area contributed by atoms with Crippen LogP contribution in [0.15, 0.2) is 0 Å². The van der Waals surface area contributed by atoms with Crippen molar-refractivity contribution < 1.29 is 4.74 Å². The predicted molar refractivity (Wildman–Crippen MR) is 72.2 cm³/mol. The van der Waals surface area contributed by atoms with Crippen LogP contribution in [0.4, 0.5) is 0 Å². The van der Waals surface area contributed by atoms with Gasteiger partial charge in [0.2, 0.25) is 0 Å². The summed E-state index contributed by atoms with van der Waals surface area (Å²) in [7, 11) is 4.25. The van der Waals surface area contributed by atoms with Crippen LogP contribution < -0.4 is 5.73 Å². The highest BCUT2D eigenvalue weighted by Gasteiger charge is 2.24. The highest BCUT2D eigenvalue weighted by molar-refractivity contribution is 4.79. The molecule has 1 heterocycles. The average Bonchev–Trinajstić information content (AvgIpc) is 2.29. The van der Waals surface area contributed by atoms with Gasteiger partial charge in [0.05, 0.1) is 6.61 Å². The fourth-order valence-corrected chi connectivity index (χ4v) is 2.29. The second kappa shape index (κ2) is 8.03. The molecule has 0 radical (unpaired) electrons. The molecule has 1 rings (SSSR count). The maximum Gasteiger partial charge on any atom is 0.0521 e. The zero-order chi connectivity index (χ0) is 12.7. The predicted octanol–water partition coefficient (Wildman–Crippen LogP) is 0.624. The zero-order valence-electron chi connectivity index (χ0n) is 11.7. The van der Waals surface area contributed by atoms with E-state index in [1.807, 2.05) is 0 Å². The summed E-state index contributed by atoms with van der Waals surface area (Å²) in [5.74, 6) is 0.512. The number of hydrogen-bond donors (Lipinski definition) is 1. The lowest BCUT2D eigenvalue weighted by molar-refractivity contribution is 0.0253. The van der Waals surface area contributed by atoms with Crippen LogP contribution in [-0.4, -0.2) is 69.3 Å².